The van der Waals surface area contributed by atoms with Crippen molar-refractivity contribution in [2.75, 3.05) is 13.7 Å². The lowest BCUT2D eigenvalue weighted by Crippen LogP contribution is -2.30. The molecule has 0 radical (unpaired) electrons. The summed E-state index contributed by atoms with van der Waals surface area (Å²) in [4.78, 5) is 52.2. The Morgan fingerprint density at radius 2 is 2.05 bits per heavy atom. The number of rotatable bonds is 9. The van der Waals surface area contributed by atoms with Crippen molar-refractivity contribution in [2.24, 2.45) is 0 Å². The Kier molecular flexibility index (Phi) is 7.90. The first kappa shape index (κ1) is 26.6. The predicted octanol–water partition coefficient (Wildman–Crippen LogP) is 4.26. The number of hydrogen-bond donors (Lipinski definition) is 1. The minimum Gasteiger partial charge on any atom is -0.490 e. The maximum Gasteiger partial charge on any atom is 0.373 e. The number of amides is 3. The van der Waals surface area contributed by atoms with Crippen molar-refractivity contribution in [3.63, 3.8) is 0 Å². The number of methoxy groups -OCH3 is 1. The van der Waals surface area contributed by atoms with Crippen LogP contribution in [0, 0.1) is 13.7 Å². The van der Waals surface area contributed by atoms with Gasteiger partial charge in [-0.3, -0.25) is 19.8 Å². The fourth-order valence-electron chi connectivity index (χ4n) is 3.39. The van der Waals surface area contributed by atoms with Crippen LogP contribution in [0.1, 0.15) is 28.8 Å². The molecule has 3 amide bonds. The first-order valence-corrected chi connectivity index (χ1v) is 12.0. The molecule has 0 saturated carbocycles. The van der Waals surface area contributed by atoms with E-state index in [1.165, 1.54) is 37.5 Å². The van der Waals surface area contributed by atoms with Crippen LogP contribution in [-0.4, -0.2) is 46.4 Å². The Bertz CT molecular complexity index is 1450. The molecule has 3 heterocycles. The van der Waals surface area contributed by atoms with Crippen LogP contribution in [0.4, 0.5) is 10.5 Å². The van der Waals surface area contributed by atoms with Crippen molar-refractivity contribution in [1.29, 1.82) is 0 Å². The first-order valence-electron chi connectivity index (χ1n) is 11.0. The van der Waals surface area contributed by atoms with Crippen LogP contribution in [0.2, 0.25) is 0 Å². The third-order valence-electron chi connectivity index (χ3n) is 5.11. The molecule has 38 heavy (non-hydrogen) atoms. The second-order valence-electron chi connectivity index (χ2n) is 7.61. The number of nitro groups is 1. The lowest BCUT2D eigenvalue weighted by atomic mass is 10.1. The van der Waals surface area contributed by atoms with E-state index in [1.54, 1.807) is 19.1 Å². The Balaban J connectivity index is 1.56. The third kappa shape index (κ3) is 5.74. The second kappa shape index (κ2) is 11.3. The van der Waals surface area contributed by atoms with Crippen molar-refractivity contribution in [3.05, 3.63) is 79.1 Å². The quantitative estimate of drug-likeness (QED) is 0.0899. The number of urea groups is 1. The van der Waals surface area contributed by atoms with E-state index in [1.807, 2.05) is 22.6 Å². The zero-order valence-corrected chi connectivity index (χ0v) is 22.1. The maximum absolute atomic E-state index is 12.9. The number of nitrogens with zero attached hydrogens (tertiary/aromatic N) is 3. The van der Waals surface area contributed by atoms with Crippen LogP contribution < -0.4 is 14.8 Å². The number of carbonyl (C=O) groups is 3. The molecule has 1 N–H and O–H groups in total. The summed E-state index contributed by atoms with van der Waals surface area (Å²) in [6.07, 6.45) is 2.57. The van der Waals surface area contributed by atoms with Crippen molar-refractivity contribution < 1.29 is 37.9 Å². The van der Waals surface area contributed by atoms with E-state index < -0.39 is 22.8 Å². The SMILES string of the molecule is CCOc1cc(/C=C2\NC(=O)N(Cc3ccc(C(=O)OC)o3)C2=O)cc(I)c1Oc1ccc([N+](=O)[O-])cn1. The smallest absolute Gasteiger partial charge is 0.373 e. The molecule has 4 rings (SSSR count). The summed E-state index contributed by atoms with van der Waals surface area (Å²) in [5.41, 5.74) is 0.393. The topological polar surface area (TPSA) is 163 Å². The number of furan rings is 1. The van der Waals surface area contributed by atoms with Crippen LogP contribution in [0.25, 0.3) is 6.08 Å². The highest BCUT2D eigenvalue weighted by molar-refractivity contribution is 14.1. The predicted molar refractivity (Wildman–Crippen MR) is 138 cm³/mol. The Labute approximate surface area is 228 Å². The van der Waals surface area contributed by atoms with Gasteiger partial charge in [0.1, 0.15) is 17.7 Å². The van der Waals surface area contributed by atoms with Gasteiger partial charge in [-0.25, -0.2) is 14.6 Å². The molecule has 196 valence electrons. The minimum absolute atomic E-state index is 0.0266. The molecule has 0 spiro atoms. The van der Waals surface area contributed by atoms with Gasteiger partial charge in [0.2, 0.25) is 11.6 Å². The van der Waals surface area contributed by atoms with Crippen molar-refractivity contribution >= 4 is 52.3 Å². The molecule has 3 aromatic rings. The molecule has 1 fully saturated rings. The van der Waals surface area contributed by atoms with Crippen LogP contribution in [0.3, 0.4) is 0 Å². The van der Waals surface area contributed by atoms with Gasteiger partial charge in [0.15, 0.2) is 11.5 Å². The fourth-order valence-corrected chi connectivity index (χ4v) is 4.13. The Morgan fingerprint density at radius 1 is 1.26 bits per heavy atom. The number of aromatic nitrogens is 1. The van der Waals surface area contributed by atoms with Crippen LogP contribution in [-0.2, 0) is 16.1 Å². The summed E-state index contributed by atoms with van der Waals surface area (Å²) in [7, 11) is 1.21. The highest BCUT2D eigenvalue weighted by atomic mass is 127. The van der Waals surface area contributed by atoms with Gasteiger partial charge in [0.25, 0.3) is 11.6 Å². The summed E-state index contributed by atoms with van der Waals surface area (Å²) in [5, 5.41) is 13.4. The van der Waals surface area contributed by atoms with E-state index in [9.17, 15) is 24.5 Å². The van der Waals surface area contributed by atoms with Crippen LogP contribution >= 0.6 is 22.6 Å². The largest absolute Gasteiger partial charge is 0.490 e. The summed E-state index contributed by atoms with van der Waals surface area (Å²) in [5.74, 6) is -0.286. The summed E-state index contributed by atoms with van der Waals surface area (Å²) in [6.45, 7) is 1.90. The number of ether oxygens (including phenoxy) is 3. The molecule has 1 saturated heterocycles. The molecule has 0 bridgehead atoms. The summed E-state index contributed by atoms with van der Waals surface area (Å²) in [6, 6.07) is 8.18. The van der Waals surface area contributed by atoms with Gasteiger partial charge in [0.05, 0.1) is 28.8 Å². The second-order valence-corrected chi connectivity index (χ2v) is 8.78. The van der Waals surface area contributed by atoms with E-state index in [4.69, 9.17) is 13.9 Å². The van der Waals surface area contributed by atoms with Gasteiger partial charge in [0, 0.05) is 12.1 Å². The lowest BCUT2D eigenvalue weighted by molar-refractivity contribution is -0.385. The van der Waals surface area contributed by atoms with Gasteiger partial charge in [-0.2, -0.15) is 0 Å². The van der Waals surface area contributed by atoms with Gasteiger partial charge in [-0.05, 0) is 65.4 Å². The lowest BCUT2D eigenvalue weighted by Gasteiger charge is -2.14. The van der Waals surface area contributed by atoms with E-state index >= 15 is 0 Å². The normalized spacial score (nSPS) is 14.0. The van der Waals surface area contributed by atoms with E-state index in [-0.39, 0.29) is 35.3 Å². The molecule has 1 aromatic carbocycles. The third-order valence-corrected chi connectivity index (χ3v) is 5.91. The first-order chi connectivity index (χ1) is 18.2. The number of halogens is 1. The number of hydrogen-bond acceptors (Lipinski definition) is 10. The van der Waals surface area contributed by atoms with Gasteiger partial charge < -0.3 is 23.9 Å². The average molecular weight is 634 g/mol. The standard InChI is InChI=1S/C24H19IN4O9/c1-3-36-19-10-13(8-16(25)21(19)38-20-7-4-14(11-26-20)29(33)34)9-17-22(30)28(24(32)27-17)12-15-5-6-18(37-15)23(31)35-2/h4-11H,3,12H2,1-2H3,(H,27,32)/b17-9-. The number of nitrogens with one attached hydrogen (secondary N) is 1. The zero-order valence-electron chi connectivity index (χ0n) is 19.9. The molecule has 1 aliphatic heterocycles. The Hall–Kier alpha value is -4.47. The molecule has 0 atom stereocenters. The number of esters is 1. The molecule has 13 nitrogen and oxygen atoms in total. The van der Waals surface area contributed by atoms with E-state index in [0.717, 1.165) is 11.1 Å². The molecular weight excluding hydrogens is 615 g/mol. The van der Waals surface area contributed by atoms with Gasteiger partial charge in [-0.1, -0.05) is 0 Å². The van der Waals surface area contributed by atoms with E-state index in [2.05, 4.69) is 15.0 Å². The van der Waals surface area contributed by atoms with Crippen molar-refractivity contribution in [2.45, 2.75) is 13.5 Å². The van der Waals surface area contributed by atoms with E-state index in [0.29, 0.717) is 27.2 Å². The number of benzene rings is 1. The Morgan fingerprint density at radius 3 is 2.71 bits per heavy atom. The zero-order chi connectivity index (χ0) is 27.4. The molecule has 14 heteroatoms. The van der Waals surface area contributed by atoms with Crippen LogP contribution in [0.5, 0.6) is 17.4 Å². The molecule has 2 aromatic heterocycles. The van der Waals surface area contributed by atoms with Gasteiger partial charge in [-0.15, -0.1) is 0 Å². The average Bonchev–Trinajstić information content (AvgIpc) is 3.46. The fraction of sp³-hybridized carbons (Fsp3) is 0.167. The maximum atomic E-state index is 12.9. The summed E-state index contributed by atoms with van der Waals surface area (Å²) >= 11 is 2.02. The van der Waals surface area contributed by atoms with Crippen molar-refractivity contribution in [1.82, 2.24) is 15.2 Å². The number of imide groups is 1. The molecule has 0 aliphatic carbocycles. The monoisotopic (exact) mass is 634 g/mol. The summed E-state index contributed by atoms with van der Waals surface area (Å²) < 4.78 is 22.1. The van der Waals surface area contributed by atoms with Crippen molar-refractivity contribution in [3.8, 4) is 17.4 Å². The number of pyridine rings is 1. The molecular formula is C24H19IN4O9. The highest BCUT2D eigenvalue weighted by Crippen LogP contribution is 2.38. The number of carbonyl (C=O) groups excluding carboxylic acids is 3. The molecule has 0 unspecified atom stereocenters. The van der Waals surface area contributed by atoms with Gasteiger partial charge >= 0.3 is 12.0 Å². The highest BCUT2D eigenvalue weighted by Gasteiger charge is 2.34. The van der Waals surface area contributed by atoms with Crippen LogP contribution in [0.15, 0.2) is 52.7 Å². The molecule has 1 aliphatic rings. The minimum atomic E-state index is -0.675.